The Hall–Kier alpha value is -3.63. The number of likely N-dealkylation sites (tertiary alicyclic amines) is 1. The predicted octanol–water partition coefficient (Wildman–Crippen LogP) is 4.89. The van der Waals surface area contributed by atoms with Gasteiger partial charge in [0.25, 0.3) is 0 Å². The molecule has 2 saturated heterocycles. The Labute approximate surface area is 234 Å². The summed E-state index contributed by atoms with van der Waals surface area (Å²) in [7, 11) is 2.16. The van der Waals surface area contributed by atoms with Crippen LogP contribution in [0.4, 0.5) is 20.3 Å². The van der Waals surface area contributed by atoms with Crippen LogP contribution in [0.1, 0.15) is 32.5 Å². The fourth-order valence-corrected chi connectivity index (χ4v) is 5.80. The second kappa shape index (κ2) is 11.9. The minimum atomic E-state index is -0.577. The summed E-state index contributed by atoms with van der Waals surface area (Å²) in [5, 5.41) is 0. The van der Waals surface area contributed by atoms with E-state index >= 15 is 8.78 Å². The Morgan fingerprint density at radius 3 is 2.20 bits per heavy atom. The lowest BCUT2D eigenvalue weighted by Gasteiger charge is -2.43. The number of benzene rings is 1. The molecule has 0 saturated carbocycles. The number of anilines is 2. The number of fused-ring (bicyclic) bond motifs is 1. The van der Waals surface area contributed by atoms with Crippen LogP contribution < -0.4 is 10.6 Å². The first kappa shape index (κ1) is 27.9. The second-order valence-corrected chi connectivity index (χ2v) is 10.3. The van der Waals surface area contributed by atoms with Gasteiger partial charge in [0.15, 0.2) is 17.3 Å². The summed E-state index contributed by atoms with van der Waals surface area (Å²) in [6.07, 6.45) is 3.92. The molecule has 0 radical (unpaired) electrons. The Morgan fingerprint density at radius 1 is 0.875 bits per heavy atom. The van der Waals surface area contributed by atoms with Crippen molar-refractivity contribution in [2.45, 2.75) is 39.7 Å². The third-order valence-electron chi connectivity index (χ3n) is 7.84. The number of hydrogen-bond donors (Lipinski definition) is 1. The van der Waals surface area contributed by atoms with Crippen molar-refractivity contribution in [3.63, 3.8) is 0 Å². The number of hydrogen-bond acceptors (Lipinski definition) is 7. The molecule has 6 rings (SSSR count). The monoisotopic (exact) mass is 548 g/mol. The van der Waals surface area contributed by atoms with Gasteiger partial charge in [-0.15, -0.1) is 0 Å². The van der Waals surface area contributed by atoms with E-state index in [0.717, 1.165) is 44.6 Å². The van der Waals surface area contributed by atoms with Crippen LogP contribution >= 0.6 is 0 Å². The van der Waals surface area contributed by atoms with Crippen LogP contribution in [0, 0.1) is 18.6 Å². The number of piperidine rings is 1. The van der Waals surface area contributed by atoms with Crippen LogP contribution in [-0.4, -0.2) is 81.7 Å². The van der Waals surface area contributed by atoms with E-state index < -0.39 is 11.6 Å². The predicted molar refractivity (Wildman–Crippen MR) is 157 cm³/mol. The molecular weight excluding hydrogens is 510 g/mol. The summed E-state index contributed by atoms with van der Waals surface area (Å²) in [5.41, 5.74) is 8.88. The highest BCUT2D eigenvalue weighted by Crippen LogP contribution is 2.31. The van der Waals surface area contributed by atoms with E-state index in [9.17, 15) is 0 Å². The maximum Gasteiger partial charge on any atom is 0.165 e. The van der Waals surface area contributed by atoms with Crippen molar-refractivity contribution >= 4 is 22.7 Å². The van der Waals surface area contributed by atoms with Gasteiger partial charge >= 0.3 is 0 Å². The zero-order chi connectivity index (χ0) is 28.4. The SMILES string of the molecule is CC.Cc1nc2ccc(-c3ccnc(N)c3)nc2n1-c1cc(F)c(N2CCN(C3CCN(C)CC3)CC2)c(F)c1. The van der Waals surface area contributed by atoms with Gasteiger partial charge in [0.05, 0.1) is 11.4 Å². The van der Waals surface area contributed by atoms with Crippen molar-refractivity contribution in [3.8, 4) is 16.9 Å². The van der Waals surface area contributed by atoms with E-state index in [1.54, 1.807) is 23.8 Å². The average molecular weight is 549 g/mol. The molecule has 2 fully saturated rings. The lowest BCUT2D eigenvalue weighted by atomic mass is 10.0. The number of aromatic nitrogens is 4. The van der Waals surface area contributed by atoms with E-state index in [1.807, 2.05) is 36.9 Å². The number of halogens is 2. The Balaban J connectivity index is 0.00000158. The third kappa shape index (κ3) is 5.51. The highest BCUT2D eigenvalue weighted by atomic mass is 19.1. The average Bonchev–Trinajstić information content (AvgIpc) is 3.29. The van der Waals surface area contributed by atoms with Gasteiger partial charge in [0, 0.05) is 56.1 Å². The lowest BCUT2D eigenvalue weighted by Crippen LogP contribution is -2.53. The van der Waals surface area contributed by atoms with Gasteiger partial charge in [-0.1, -0.05) is 13.8 Å². The minimum Gasteiger partial charge on any atom is -0.384 e. The first-order valence-corrected chi connectivity index (χ1v) is 14.1. The molecule has 0 bridgehead atoms. The van der Waals surface area contributed by atoms with Gasteiger partial charge in [-0.2, -0.15) is 0 Å². The summed E-state index contributed by atoms with van der Waals surface area (Å²) in [6, 6.07) is 10.6. The normalized spacial score (nSPS) is 17.2. The van der Waals surface area contributed by atoms with Gasteiger partial charge < -0.3 is 15.5 Å². The molecule has 0 atom stereocenters. The summed E-state index contributed by atoms with van der Waals surface area (Å²) in [6.45, 7) is 10.8. The quantitative estimate of drug-likeness (QED) is 0.389. The minimum absolute atomic E-state index is 0.0414. The van der Waals surface area contributed by atoms with Gasteiger partial charge in [0.2, 0.25) is 0 Å². The van der Waals surface area contributed by atoms with E-state index in [-0.39, 0.29) is 5.69 Å². The van der Waals surface area contributed by atoms with E-state index in [1.165, 1.54) is 12.1 Å². The third-order valence-corrected chi connectivity index (χ3v) is 7.84. The Kier molecular flexibility index (Phi) is 8.27. The zero-order valence-electron chi connectivity index (χ0n) is 23.7. The number of pyridine rings is 2. The Bertz CT molecular complexity index is 1450. The maximum absolute atomic E-state index is 15.5. The van der Waals surface area contributed by atoms with Crippen LogP contribution in [0.2, 0.25) is 0 Å². The van der Waals surface area contributed by atoms with Crippen LogP contribution in [0.15, 0.2) is 42.6 Å². The number of imidazole rings is 1. The molecule has 4 aromatic rings. The number of aryl methyl sites for hydroxylation is 1. The molecular formula is C30H38F2N8. The van der Waals surface area contributed by atoms with Crippen molar-refractivity contribution in [1.29, 1.82) is 0 Å². The van der Waals surface area contributed by atoms with Gasteiger partial charge in [-0.3, -0.25) is 9.47 Å². The fraction of sp³-hybridized carbons (Fsp3) is 0.433. The molecule has 10 heteroatoms. The molecule has 3 aromatic heterocycles. The van der Waals surface area contributed by atoms with Crippen molar-refractivity contribution in [2.24, 2.45) is 0 Å². The summed E-state index contributed by atoms with van der Waals surface area (Å²) < 4.78 is 32.7. The first-order chi connectivity index (χ1) is 19.4. The molecule has 0 aliphatic carbocycles. The number of piperazine rings is 1. The topological polar surface area (TPSA) is 79.3 Å². The molecule has 5 heterocycles. The number of rotatable bonds is 4. The molecule has 8 nitrogen and oxygen atoms in total. The van der Waals surface area contributed by atoms with Crippen molar-refractivity contribution in [1.82, 2.24) is 29.3 Å². The lowest BCUT2D eigenvalue weighted by molar-refractivity contribution is 0.115. The molecule has 0 spiro atoms. The van der Waals surface area contributed by atoms with Crippen molar-refractivity contribution in [3.05, 3.63) is 60.1 Å². The van der Waals surface area contributed by atoms with Crippen molar-refractivity contribution < 1.29 is 8.78 Å². The number of nitrogens with two attached hydrogens (primary N) is 1. The molecule has 0 amide bonds. The molecule has 40 heavy (non-hydrogen) atoms. The highest BCUT2D eigenvalue weighted by Gasteiger charge is 2.29. The van der Waals surface area contributed by atoms with Crippen LogP contribution in [0.3, 0.4) is 0 Å². The van der Waals surface area contributed by atoms with Crippen LogP contribution in [0.5, 0.6) is 0 Å². The highest BCUT2D eigenvalue weighted by molar-refractivity contribution is 5.78. The van der Waals surface area contributed by atoms with Crippen molar-refractivity contribution in [2.75, 3.05) is 56.9 Å². The number of nitrogen functional groups attached to an aromatic ring is 1. The van der Waals surface area contributed by atoms with Crippen LogP contribution in [0.25, 0.3) is 28.1 Å². The van der Waals surface area contributed by atoms with E-state index in [0.29, 0.717) is 53.3 Å². The molecule has 2 aliphatic heterocycles. The summed E-state index contributed by atoms with van der Waals surface area (Å²) >= 11 is 0. The van der Waals surface area contributed by atoms with Crippen LogP contribution in [-0.2, 0) is 0 Å². The van der Waals surface area contributed by atoms with Gasteiger partial charge in [0.1, 0.15) is 22.8 Å². The molecule has 2 N–H and O–H groups in total. The maximum atomic E-state index is 15.5. The zero-order valence-corrected chi connectivity index (χ0v) is 23.7. The van der Waals surface area contributed by atoms with Gasteiger partial charge in [-0.25, -0.2) is 23.7 Å². The summed E-state index contributed by atoms with van der Waals surface area (Å²) in [4.78, 5) is 20.0. The Morgan fingerprint density at radius 2 is 1.55 bits per heavy atom. The first-order valence-electron chi connectivity index (χ1n) is 14.1. The number of nitrogens with zero attached hydrogens (tertiary/aromatic N) is 7. The molecule has 212 valence electrons. The summed E-state index contributed by atoms with van der Waals surface area (Å²) in [5.74, 6) is -0.169. The molecule has 2 aliphatic rings. The fourth-order valence-electron chi connectivity index (χ4n) is 5.80. The molecule has 0 unspecified atom stereocenters. The van der Waals surface area contributed by atoms with E-state index in [4.69, 9.17) is 10.7 Å². The standard InChI is InChI=1S/C28H32F2N8.C2H6/c1-18-33-25-4-3-24(19-5-8-32-26(31)15-19)34-28(25)38(18)21-16-22(29)27(23(30)17-21)37-13-11-36(12-14-37)20-6-9-35(2)10-7-20;1-2/h3-5,8,15-17,20H,6-7,9-14H2,1-2H3,(H2,31,32);1-2H3. The molecule has 1 aromatic carbocycles. The second-order valence-electron chi connectivity index (χ2n) is 10.3. The van der Waals surface area contributed by atoms with E-state index in [2.05, 4.69) is 26.8 Å². The van der Waals surface area contributed by atoms with Gasteiger partial charge in [-0.05, 0) is 64.2 Å². The largest absolute Gasteiger partial charge is 0.384 e. The smallest absolute Gasteiger partial charge is 0.165 e.